The zero-order valence-corrected chi connectivity index (χ0v) is 11.7. The minimum absolute atomic E-state index is 0.484. The molecule has 0 aliphatic heterocycles. The Hall–Kier alpha value is -1.87. The van der Waals surface area contributed by atoms with Gasteiger partial charge in [0.25, 0.3) is 0 Å². The molecule has 1 heterocycles. The number of hydrogen-bond donors (Lipinski definition) is 1. The van der Waals surface area contributed by atoms with E-state index in [0.29, 0.717) is 11.4 Å². The fraction of sp³-hybridized carbons (Fsp3) is 0.353. The summed E-state index contributed by atoms with van der Waals surface area (Å²) in [5, 5.41) is 9.75. The molecule has 0 saturated carbocycles. The molecule has 1 N–H and O–H groups in total. The number of ether oxygens (including phenoxy) is 1. The molecule has 3 nitrogen and oxygen atoms in total. The third-order valence-electron chi connectivity index (χ3n) is 3.79. The third-order valence-corrected chi connectivity index (χ3v) is 3.79. The minimum Gasteiger partial charge on any atom is -0.439 e. The van der Waals surface area contributed by atoms with Crippen LogP contribution in [0.5, 0.6) is 11.6 Å². The van der Waals surface area contributed by atoms with Crippen LogP contribution >= 0.6 is 0 Å². The van der Waals surface area contributed by atoms with Crippen molar-refractivity contribution in [3.05, 3.63) is 53.2 Å². The summed E-state index contributed by atoms with van der Waals surface area (Å²) in [6, 6.07) is 9.89. The molecule has 0 fully saturated rings. The van der Waals surface area contributed by atoms with Gasteiger partial charge in [0.05, 0.1) is 6.10 Å². The van der Waals surface area contributed by atoms with Gasteiger partial charge in [-0.1, -0.05) is 6.07 Å². The van der Waals surface area contributed by atoms with Crippen molar-refractivity contribution in [2.75, 3.05) is 0 Å². The van der Waals surface area contributed by atoms with Gasteiger partial charge in [0.1, 0.15) is 5.75 Å². The lowest BCUT2D eigenvalue weighted by Gasteiger charge is -2.17. The molecule has 1 aliphatic carbocycles. The first-order chi connectivity index (χ1) is 9.74. The van der Waals surface area contributed by atoms with Crippen LogP contribution in [0, 0.1) is 0 Å². The van der Waals surface area contributed by atoms with Crippen LogP contribution in [0.1, 0.15) is 42.6 Å². The van der Waals surface area contributed by atoms with E-state index in [1.165, 1.54) is 24.0 Å². The monoisotopic (exact) mass is 269 g/mol. The SMILES string of the molecule is CC(O)c1cccnc1Oc1ccc2c(c1)CCCC2. The van der Waals surface area contributed by atoms with E-state index in [0.717, 1.165) is 18.6 Å². The number of aryl methyl sites for hydroxylation is 2. The van der Waals surface area contributed by atoms with Crippen LogP contribution in [0.15, 0.2) is 36.5 Å². The highest BCUT2D eigenvalue weighted by atomic mass is 16.5. The average molecular weight is 269 g/mol. The highest BCUT2D eigenvalue weighted by Gasteiger charge is 2.13. The van der Waals surface area contributed by atoms with E-state index in [-0.39, 0.29) is 0 Å². The molecule has 0 bridgehead atoms. The Balaban J connectivity index is 1.88. The van der Waals surface area contributed by atoms with E-state index in [1.54, 1.807) is 13.1 Å². The highest BCUT2D eigenvalue weighted by molar-refractivity contribution is 5.40. The van der Waals surface area contributed by atoms with Gasteiger partial charge in [0.2, 0.25) is 5.88 Å². The molecular formula is C17H19NO2. The molecule has 0 saturated heterocycles. The molecule has 0 radical (unpaired) electrons. The van der Waals surface area contributed by atoms with E-state index < -0.39 is 6.10 Å². The number of aromatic nitrogens is 1. The Bertz CT molecular complexity index is 608. The number of fused-ring (bicyclic) bond motifs is 1. The molecule has 1 aromatic carbocycles. The normalized spacial score (nSPS) is 15.5. The largest absolute Gasteiger partial charge is 0.439 e. The molecule has 104 valence electrons. The summed E-state index contributed by atoms with van der Waals surface area (Å²) in [6.07, 6.45) is 5.91. The summed E-state index contributed by atoms with van der Waals surface area (Å²) < 4.78 is 5.87. The molecule has 20 heavy (non-hydrogen) atoms. The van der Waals surface area contributed by atoms with Crippen molar-refractivity contribution in [1.29, 1.82) is 0 Å². The summed E-state index contributed by atoms with van der Waals surface area (Å²) in [5.74, 6) is 1.28. The Labute approximate surface area is 119 Å². The number of nitrogens with zero attached hydrogens (tertiary/aromatic N) is 1. The topological polar surface area (TPSA) is 42.4 Å². The second-order valence-electron chi connectivity index (χ2n) is 5.31. The van der Waals surface area contributed by atoms with Gasteiger partial charge in [-0.2, -0.15) is 0 Å². The van der Waals surface area contributed by atoms with Gasteiger partial charge in [-0.05, 0) is 68.0 Å². The first-order valence-corrected chi connectivity index (χ1v) is 7.16. The predicted molar refractivity (Wildman–Crippen MR) is 78.0 cm³/mol. The van der Waals surface area contributed by atoms with Crippen molar-refractivity contribution in [2.24, 2.45) is 0 Å². The zero-order valence-electron chi connectivity index (χ0n) is 11.7. The van der Waals surface area contributed by atoms with E-state index in [1.807, 2.05) is 18.2 Å². The van der Waals surface area contributed by atoms with Gasteiger partial charge in [-0.15, -0.1) is 0 Å². The number of benzene rings is 1. The fourth-order valence-electron chi connectivity index (χ4n) is 2.69. The second-order valence-corrected chi connectivity index (χ2v) is 5.31. The van der Waals surface area contributed by atoms with Crippen molar-refractivity contribution in [2.45, 2.75) is 38.7 Å². The average Bonchev–Trinajstić information content (AvgIpc) is 2.47. The lowest BCUT2D eigenvalue weighted by Crippen LogP contribution is -2.03. The molecule has 1 unspecified atom stereocenters. The summed E-state index contributed by atoms with van der Waals surface area (Å²) in [4.78, 5) is 4.23. The van der Waals surface area contributed by atoms with Gasteiger partial charge >= 0.3 is 0 Å². The fourth-order valence-corrected chi connectivity index (χ4v) is 2.69. The van der Waals surface area contributed by atoms with E-state index >= 15 is 0 Å². The number of pyridine rings is 1. The quantitative estimate of drug-likeness (QED) is 0.921. The lowest BCUT2D eigenvalue weighted by molar-refractivity contribution is 0.194. The van der Waals surface area contributed by atoms with Crippen molar-refractivity contribution in [3.8, 4) is 11.6 Å². The van der Waals surface area contributed by atoms with Gasteiger partial charge < -0.3 is 9.84 Å². The highest BCUT2D eigenvalue weighted by Crippen LogP contribution is 2.30. The van der Waals surface area contributed by atoms with Crippen molar-refractivity contribution in [1.82, 2.24) is 4.98 Å². The summed E-state index contributed by atoms with van der Waals surface area (Å²) in [6.45, 7) is 1.72. The van der Waals surface area contributed by atoms with E-state index in [4.69, 9.17) is 4.74 Å². The molecular weight excluding hydrogens is 250 g/mol. The predicted octanol–water partition coefficient (Wildman–Crippen LogP) is 3.81. The van der Waals surface area contributed by atoms with Gasteiger partial charge in [-0.3, -0.25) is 0 Å². The lowest BCUT2D eigenvalue weighted by atomic mass is 9.92. The second kappa shape index (κ2) is 5.63. The van der Waals surface area contributed by atoms with Crippen LogP contribution in [-0.2, 0) is 12.8 Å². The van der Waals surface area contributed by atoms with E-state index in [9.17, 15) is 5.11 Å². The molecule has 1 atom stereocenters. The first-order valence-electron chi connectivity index (χ1n) is 7.16. The molecule has 0 spiro atoms. The number of aliphatic hydroxyl groups excluding tert-OH is 1. The number of hydrogen-bond acceptors (Lipinski definition) is 3. The first kappa shape index (κ1) is 13.1. The zero-order chi connectivity index (χ0) is 13.9. The Morgan fingerprint density at radius 3 is 2.75 bits per heavy atom. The van der Waals surface area contributed by atoms with Crippen LogP contribution in [0.4, 0.5) is 0 Å². The molecule has 3 heteroatoms. The van der Waals surface area contributed by atoms with Crippen LogP contribution in [-0.4, -0.2) is 10.1 Å². The van der Waals surface area contributed by atoms with Crippen LogP contribution in [0.25, 0.3) is 0 Å². The summed E-state index contributed by atoms with van der Waals surface area (Å²) >= 11 is 0. The maximum atomic E-state index is 9.75. The van der Waals surface area contributed by atoms with E-state index in [2.05, 4.69) is 17.1 Å². The number of aliphatic hydroxyl groups is 1. The molecule has 2 aromatic rings. The minimum atomic E-state index is -0.587. The molecule has 1 aromatic heterocycles. The molecule has 0 amide bonds. The maximum Gasteiger partial charge on any atom is 0.225 e. The van der Waals surface area contributed by atoms with Gasteiger partial charge in [-0.25, -0.2) is 4.98 Å². The van der Waals surface area contributed by atoms with Crippen molar-refractivity contribution in [3.63, 3.8) is 0 Å². The Morgan fingerprint density at radius 2 is 1.95 bits per heavy atom. The smallest absolute Gasteiger partial charge is 0.225 e. The molecule has 3 rings (SSSR count). The van der Waals surface area contributed by atoms with Crippen LogP contribution in [0.3, 0.4) is 0 Å². The number of rotatable bonds is 3. The summed E-state index contributed by atoms with van der Waals surface area (Å²) in [7, 11) is 0. The Kier molecular flexibility index (Phi) is 3.70. The van der Waals surface area contributed by atoms with Crippen LogP contribution in [0.2, 0.25) is 0 Å². The van der Waals surface area contributed by atoms with Crippen molar-refractivity contribution >= 4 is 0 Å². The van der Waals surface area contributed by atoms with Gasteiger partial charge in [0, 0.05) is 11.8 Å². The third kappa shape index (κ3) is 2.68. The maximum absolute atomic E-state index is 9.75. The molecule has 1 aliphatic rings. The van der Waals surface area contributed by atoms with Crippen molar-refractivity contribution < 1.29 is 9.84 Å². The summed E-state index contributed by atoms with van der Waals surface area (Å²) in [5.41, 5.74) is 3.52. The van der Waals surface area contributed by atoms with Gasteiger partial charge in [0.15, 0.2) is 0 Å². The Morgan fingerprint density at radius 1 is 1.15 bits per heavy atom. The standard InChI is InChI=1S/C17H19NO2/c1-12(19)16-7-4-10-18-17(16)20-15-9-8-13-5-2-3-6-14(13)11-15/h4,7-12,19H,2-3,5-6H2,1H3. The van der Waals surface area contributed by atoms with Crippen LogP contribution < -0.4 is 4.74 Å².